The molecular formula is C5H15O5Si5. The number of hydrogen-bond donors (Lipinski definition) is 0. The second-order valence-electron chi connectivity index (χ2n) is 3.97. The first-order valence-corrected chi connectivity index (χ1v) is 13.6. The lowest BCUT2D eigenvalue weighted by atomic mass is 11.9. The number of hydrogen-bond acceptors (Lipinski definition) is 5. The Balaban J connectivity index is 2.64. The Labute approximate surface area is 99.9 Å². The van der Waals surface area contributed by atoms with Gasteiger partial charge >= 0.3 is 46.4 Å². The van der Waals surface area contributed by atoms with Crippen LogP contribution in [0.3, 0.4) is 0 Å². The predicted molar refractivity (Wildman–Crippen MR) is 63.5 cm³/mol. The lowest BCUT2D eigenvalue weighted by molar-refractivity contribution is 0.285. The van der Waals surface area contributed by atoms with Crippen molar-refractivity contribution in [2.24, 2.45) is 0 Å². The molecule has 0 aromatic rings. The van der Waals surface area contributed by atoms with Gasteiger partial charge in [-0.05, 0) is 32.7 Å². The van der Waals surface area contributed by atoms with Gasteiger partial charge in [0, 0.05) is 0 Å². The van der Waals surface area contributed by atoms with Gasteiger partial charge in [0.25, 0.3) is 0 Å². The average Bonchev–Trinajstić information content (AvgIpc) is 1.98. The molecule has 5 nitrogen and oxygen atoms in total. The fraction of sp³-hybridized carbons (Fsp3) is 1.00. The van der Waals surface area contributed by atoms with Crippen molar-refractivity contribution >= 4 is 46.4 Å². The molecule has 0 aromatic heterocycles. The van der Waals surface area contributed by atoms with E-state index >= 15 is 0 Å². The fourth-order valence-corrected chi connectivity index (χ4v) is 12.8. The second kappa shape index (κ2) is 5.48. The molecule has 0 amide bonds. The van der Waals surface area contributed by atoms with Crippen LogP contribution in [0.4, 0.5) is 0 Å². The van der Waals surface area contributed by atoms with Crippen LogP contribution in [0.1, 0.15) is 0 Å². The molecule has 0 saturated carbocycles. The molecule has 1 aliphatic rings. The maximum Gasteiger partial charge on any atom is 0.412 e. The van der Waals surface area contributed by atoms with Gasteiger partial charge in [0.2, 0.25) is 0 Å². The summed E-state index contributed by atoms with van der Waals surface area (Å²) in [6, 6.07) is 0. The molecular weight excluding hydrogens is 280 g/mol. The van der Waals surface area contributed by atoms with E-state index < -0.39 is 26.4 Å². The van der Waals surface area contributed by atoms with Crippen LogP contribution < -0.4 is 0 Å². The molecule has 1 rings (SSSR count). The molecule has 0 N–H and O–H groups in total. The highest BCUT2D eigenvalue weighted by atomic mass is 28.5. The van der Waals surface area contributed by atoms with Crippen molar-refractivity contribution in [2.75, 3.05) is 0 Å². The van der Waals surface area contributed by atoms with Crippen LogP contribution in [0.25, 0.3) is 0 Å². The van der Waals surface area contributed by atoms with Gasteiger partial charge in [0.05, 0.1) is 0 Å². The Morgan fingerprint density at radius 3 is 2.33 bits per heavy atom. The summed E-state index contributed by atoms with van der Waals surface area (Å²) in [4.78, 5) is 0. The van der Waals surface area contributed by atoms with Crippen LogP contribution in [0.15, 0.2) is 0 Å². The Morgan fingerprint density at radius 2 is 1.67 bits per heavy atom. The van der Waals surface area contributed by atoms with Crippen LogP contribution in [-0.2, 0) is 20.6 Å². The monoisotopic (exact) mass is 295 g/mol. The smallest absolute Gasteiger partial charge is 0.412 e. The van der Waals surface area contributed by atoms with Gasteiger partial charge < -0.3 is 20.6 Å². The molecule has 0 bridgehead atoms. The zero-order valence-electron chi connectivity index (χ0n) is 9.54. The van der Waals surface area contributed by atoms with Gasteiger partial charge in [-0.3, -0.25) is 0 Å². The standard InChI is InChI=1S/C5H15O5Si5/c1-13-7-11-6-12-8-14(2,3)10-15(4,5)9-13/h1-5H3. The molecule has 85 valence electrons. The Bertz CT molecular complexity index is 212. The Hall–Kier alpha value is 0.884. The second-order valence-corrected chi connectivity index (χ2v) is 15.0. The minimum Gasteiger partial charge on any atom is -0.416 e. The van der Waals surface area contributed by atoms with Crippen LogP contribution >= 0.6 is 0 Å². The summed E-state index contributed by atoms with van der Waals surface area (Å²) in [5.74, 6) is 0. The molecule has 0 atom stereocenters. The lowest BCUT2D eigenvalue weighted by Gasteiger charge is -2.34. The minimum atomic E-state index is -2.12. The summed E-state index contributed by atoms with van der Waals surface area (Å²) < 4.78 is 28.0. The summed E-state index contributed by atoms with van der Waals surface area (Å²) in [5.41, 5.74) is 0. The topological polar surface area (TPSA) is 46.2 Å². The van der Waals surface area contributed by atoms with Gasteiger partial charge in [-0.15, -0.1) is 0 Å². The molecule has 0 aliphatic carbocycles. The quantitative estimate of drug-likeness (QED) is 0.615. The van der Waals surface area contributed by atoms with Crippen molar-refractivity contribution in [1.82, 2.24) is 0 Å². The van der Waals surface area contributed by atoms with Crippen LogP contribution in [-0.4, -0.2) is 46.4 Å². The van der Waals surface area contributed by atoms with Gasteiger partial charge in [-0.2, -0.15) is 0 Å². The van der Waals surface area contributed by atoms with Crippen molar-refractivity contribution in [2.45, 2.75) is 32.7 Å². The first-order valence-electron chi connectivity index (χ1n) is 4.54. The summed E-state index contributed by atoms with van der Waals surface area (Å²) >= 11 is 0. The number of rotatable bonds is 0. The molecule has 0 spiro atoms. The molecule has 1 fully saturated rings. The van der Waals surface area contributed by atoms with E-state index in [1.54, 1.807) is 0 Å². The van der Waals surface area contributed by atoms with Crippen LogP contribution in [0, 0.1) is 0 Å². The van der Waals surface area contributed by atoms with E-state index in [-0.39, 0.29) is 20.0 Å². The first-order chi connectivity index (χ1) is 6.81. The lowest BCUT2D eigenvalue weighted by Crippen LogP contribution is -2.52. The highest BCUT2D eigenvalue weighted by Gasteiger charge is 2.39. The summed E-state index contributed by atoms with van der Waals surface area (Å²) in [7, 11) is -5.45. The van der Waals surface area contributed by atoms with Gasteiger partial charge in [0.1, 0.15) is 0 Å². The maximum absolute atomic E-state index is 5.98. The summed E-state index contributed by atoms with van der Waals surface area (Å²) in [6.45, 7) is 10.0. The first kappa shape index (κ1) is 13.9. The zero-order valence-corrected chi connectivity index (χ0v) is 14.5. The summed E-state index contributed by atoms with van der Waals surface area (Å²) in [5, 5.41) is 0. The van der Waals surface area contributed by atoms with Gasteiger partial charge in [0.15, 0.2) is 0 Å². The molecule has 0 aromatic carbocycles. The average molecular weight is 296 g/mol. The van der Waals surface area contributed by atoms with Crippen molar-refractivity contribution in [3.05, 3.63) is 0 Å². The van der Waals surface area contributed by atoms with Crippen LogP contribution in [0.5, 0.6) is 0 Å². The van der Waals surface area contributed by atoms with E-state index in [1.165, 1.54) is 0 Å². The fourth-order valence-electron chi connectivity index (χ4n) is 1.22. The van der Waals surface area contributed by atoms with Crippen molar-refractivity contribution < 1.29 is 20.6 Å². The van der Waals surface area contributed by atoms with Gasteiger partial charge in [-0.1, -0.05) is 0 Å². The van der Waals surface area contributed by atoms with E-state index in [2.05, 4.69) is 0 Å². The van der Waals surface area contributed by atoms with E-state index in [0.717, 1.165) is 0 Å². The van der Waals surface area contributed by atoms with E-state index in [0.29, 0.717) is 0 Å². The molecule has 1 heterocycles. The largest absolute Gasteiger partial charge is 0.416 e. The predicted octanol–water partition coefficient (Wildman–Crippen LogP) is 0.673. The Kier molecular flexibility index (Phi) is 5.09. The highest BCUT2D eigenvalue weighted by Crippen LogP contribution is 2.18. The molecule has 0 unspecified atom stereocenters. The third-order valence-corrected chi connectivity index (χ3v) is 12.9. The minimum absolute atomic E-state index is 0.00694. The van der Waals surface area contributed by atoms with Gasteiger partial charge in [-0.25, -0.2) is 0 Å². The SMILES string of the molecule is C[Si]1O[Si]O[Si]O[Si](C)(C)O[Si](C)(C)O1. The highest BCUT2D eigenvalue weighted by molar-refractivity contribution is 6.83. The van der Waals surface area contributed by atoms with E-state index in [9.17, 15) is 0 Å². The third kappa shape index (κ3) is 5.67. The normalized spacial score (nSPS) is 28.6. The van der Waals surface area contributed by atoms with Crippen LogP contribution in [0.2, 0.25) is 32.7 Å². The molecule has 10 heteroatoms. The zero-order chi connectivity index (χ0) is 11.5. The van der Waals surface area contributed by atoms with Crippen molar-refractivity contribution in [3.8, 4) is 0 Å². The van der Waals surface area contributed by atoms with E-state index in [1.807, 2.05) is 32.7 Å². The molecule has 5 radical (unpaired) electrons. The third-order valence-electron chi connectivity index (χ3n) is 1.44. The Morgan fingerprint density at radius 1 is 1.00 bits per heavy atom. The molecule has 15 heavy (non-hydrogen) atoms. The molecule has 1 aliphatic heterocycles. The van der Waals surface area contributed by atoms with E-state index in [4.69, 9.17) is 20.6 Å². The van der Waals surface area contributed by atoms with Crippen molar-refractivity contribution in [3.63, 3.8) is 0 Å². The summed E-state index contributed by atoms with van der Waals surface area (Å²) in [6.07, 6.45) is 0. The maximum atomic E-state index is 5.98. The molecule has 1 saturated heterocycles. The van der Waals surface area contributed by atoms with Crippen molar-refractivity contribution in [1.29, 1.82) is 0 Å².